The third-order valence-electron chi connectivity index (χ3n) is 6.07. The van der Waals surface area contributed by atoms with Crippen LogP contribution in [0.4, 0.5) is 0 Å². The lowest BCUT2D eigenvalue weighted by Gasteiger charge is -2.20. The van der Waals surface area contributed by atoms with E-state index in [4.69, 9.17) is 0 Å². The van der Waals surface area contributed by atoms with Crippen LogP contribution in [-0.2, 0) is 12.8 Å². The summed E-state index contributed by atoms with van der Waals surface area (Å²) in [5, 5.41) is 8.90. The van der Waals surface area contributed by atoms with Gasteiger partial charge in [-0.25, -0.2) is 0 Å². The van der Waals surface area contributed by atoms with Crippen LogP contribution < -0.4 is 0 Å². The second kappa shape index (κ2) is 6.91. The molecule has 4 aromatic rings. The van der Waals surface area contributed by atoms with Crippen LogP contribution in [0.2, 0.25) is 0 Å². The summed E-state index contributed by atoms with van der Waals surface area (Å²) in [4.78, 5) is 0. The van der Waals surface area contributed by atoms with Crippen LogP contribution in [0.3, 0.4) is 0 Å². The van der Waals surface area contributed by atoms with Gasteiger partial charge in [0.05, 0.1) is 0 Å². The molecular formula is C26H30. The Morgan fingerprint density at radius 2 is 1.31 bits per heavy atom. The van der Waals surface area contributed by atoms with Gasteiger partial charge in [0, 0.05) is 0 Å². The average Bonchev–Trinajstić information content (AvgIpc) is 2.65. The van der Waals surface area contributed by atoms with Gasteiger partial charge in [-0.15, -0.1) is 0 Å². The fourth-order valence-corrected chi connectivity index (χ4v) is 4.62. The van der Waals surface area contributed by atoms with E-state index in [0.717, 1.165) is 0 Å². The predicted octanol–water partition coefficient (Wildman–Crippen LogP) is 7.89. The summed E-state index contributed by atoms with van der Waals surface area (Å²) in [6.45, 7) is 9.13. The topological polar surface area (TPSA) is 0 Å². The van der Waals surface area contributed by atoms with Crippen LogP contribution >= 0.6 is 0 Å². The number of rotatable bonds is 6. The van der Waals surface area contributed by atoms with Gasteiger partial charge < -0.3 is 0 Å². The minimum absolute atomic E-state index is 1.18. The average molecular weight is 343 g/mol. The molecule has 0 radical (unpaired) electrons. The first-order valence-electron chi connectivity index (χ1n) is 10.3. The summed E-state index contributed by atoms with van der Waals surface area (Å²) < 4.78 is 0. The molecule has 0 spiro atoms. The van der Waals surface area contributed by atoms with Crippen molar-refractivity contribution < 1.29 is 0 Å². The highest BCUT2D eigenvalue weighted by molar-refractivity contribution is 6.25. The Morgan fingerprint density at radius 1 is 0.615 bits per heavy atom. The van der Waals surface area contributed by atoms with Gasteiger partial charge in [0.2, 0.25) is 0 Å². The second-order valence-corrected chi connectivity index (χ2v) is 7.99. The molecule has 134 valence electrons. The summed E-state index contributed by atoms with van der Waals surface area (Å²) in [5.41, 5.74) is 5.90. The van der Waals surface area contributed by atoms with Crippen LogP contribution in [0.15, 0.2) is 36.4 Å². The SMILES string of the molecule is CCCCc1cc2ccc(C)c3c(CCCC)cc4c(C)ccc1c4c23. The first-order chi connectivity index (χ1) is 12.7. The molecule has 0 aromatic heterocycles. The Labute approximate surface area is 157 Å². The Bertz CT molecular complexity index is 1070. The van der Waals surface area contributed by atoms with E-state index in [2.05, 4.69) is 64.1 Å². The third-order valence-corrected chi connectivity index (χ3v) is 6.07. The van der Waals surface area contributed by atoms with Crippen LogP contribution in [-0.4, -0.2) is 0 Å². The maximum absolute atomic E-state index is 2.51. The predicted molar refractivity (Wildman–Crippen MR) is 117 cm³/mol. The number of hydrogen-bond donors (Lipinski definition) is 0. The van der Waals surface area contributed by atoms with Crippen molar-refractivity contribution in [2.75, 3.05) is 0 Å². The number of aryl methyl sites for hydroxylation is 4. The molecule has 0 atom stereocenters. The zero-order chi connectivity index (χ0) is 18.3. The molecule has 0 N–H and O–H groups in total. The van der Waals surface area contributed by atoms with Crippen molar-refractivity contribution in [3.05, 3.63) is 58.7 Å². The third kappa shape index (κ3) is 2.67. The lowest BCUT2D eigenvalue weighted by molar-refractivity contribution is 0.798. The van der Waals surface area contributed by atoms with Crippen molar-refractivity contribution in [2.45, 2.75) is 66.2 Å². The lowest BCUT2D eigenvalue weighted by Crippen LogP contribution is -1.97. The molecule has 26 heavy (non-hydrogen) atoms. The molecule has 0 aliphatic carbocycles. The maximum Gasteiger partial charge on any atom is -0.00211 e. The molecule has 0 nitrogen and oxygen atoms in total. The number of hydrogen-bond acceptors (Lipinski definition) is 0. The fourth-order valence-electron chi connectivity index (χ4n) is 4.62. The highest BCUT2D eigenvalue weighted by Gasteiger charge is 2.16. The van der Waals surface area contributed by atoms with Crippen LogP contribution in [0.25, 0.3) is 32.3 Å². The molecular weight excluding hydrogens is 312 g/mol. The fraction of sp³-hybridized carbons (Fsp3) is 0.385. The normalized spacial score (nSPS) is 12.0. The second-order valence-electron chi connectivity index (χ2n) is 7.99. The zero-order valence-electron chi connectivity index (χ0n) is 16.7. The van der Waals surface area contributed by atoms with Crippen LogP contribution in [0, 0.1) is 13.8 Å². The van der Waals surface area contributed by atoms with Gasteiger partial charge in [0.25, 0.3) is 0 Å². The molecule has 0 fully saturated rings. The van der Waals surface area contributed by atoms with E-state index in [1.165, 1.54) is 87.5 Å². The van der Waals surface area contributed by atoms with E-state index >= 15 is 0 Å². The molecule has 0 bridgehead atoms. The van der Waals surface area contributed by atoms with Gasteiger partial charge in [-0.3, -0.25) is 0 Å². The van der Waals surface area contributed by atoms with Gasteiger partial charge in [-0.05, 0) is 94.1 Å². The molecule has 0 aliphatic heterocycles. The zero-order valence-corrected chi connectivity index (χ0v) is 16.7. The summed E-state index contributed by atoms with van der Waals surface area (Å²) in [5.74, 6) is 0. The van der Waals surface area contributed by atoms with E-state index in [0.29, 0.717) is 0 Å². The van der Waals surface area contributed by atoms with Crippen molar-refractivity contribution in [2.24, 2.45) is 0 Å². The summed E-state index contributed by atoms with van der Waals surface area (Å²) in [6.07, 6.45) is 7.39. The van der Waals surface area contributed by atoms with Crippen LogP contribution in [0.1, 0.15) is 61.8 Å². The van der Waals surface area contributed by atoms with Gasteiger partial charge in [0.15, 0.2) is 0 Å². The van der Waals surface area contributed by atoms with Crippen molar-refractivity contribution in [1.82, 2.24) is 0 Å². The van der Waals surface area contributed by atoms with Gasteiger partial charge in [-0.2, -0.15) is 0 Å². The number of benzene rings is 4. The van der Waals surface area contributed by atoms with E-state index in [-0.39, 0.29) is 0 Å². The molecule has 0 heteroatoms. The number of unbranched alkanes of at least 4 members (excludes halogenated alkanes) is 2. The molecule has 0 aliphatic rings. The molecule has 4 rings (SSSR count). The van der Waals surface area contributed by atoms with Crippen molar-refractivity contribution >= 4 is 32.3 Å². The van der Waals surface area contributed by atoms with Gasteiger partial charge in [-0.1, -0.05) is 63.1 Å². The van der Waals surface area contributed by atoms with Gasteiger partial charge in [0.1, 0.15) is 0 Å². The lowest BCUT2D eigenvalue weighted by atomic mass is 9.84. The Morgan fingerprint density at radius 3 is 2.04 bits per heavy atom. The molecule has 0 heterocycles. The monoisotopic (exact) mass is 342 g/mol. The standard InChI is InChI=1S/C26H30/c1-5-7-9-19-15-21-13-11-18(4)24-20(10-8-6-2)16-23-17(3)12-14-22(19)26(23)25(21)24/h11-16H,5-10H2,1-4H3. The van der Waals surface area contributed by atoms with Crippen molar-refractivity contribution in [3.8, 4) is 0 Å². The Balaban J connectivity index is 2.15. The molecule has 4 aromatic carbocycles. The minimum atomic E-state index is 1.18. The maximum atomic E-state index is 2.51. The molecule has 0 amide bonds. The van der Waals surface area contributed by atoms with Crippen molar-refractivity contribution in [3.63, 3.8) is 0 Å². The molecule has 0 saturated carbocycles. The van der Waals surface area contributed by atoms with E-state index in [1.54, 1.807) is 5.56 Å². The van der Waals surface area contributed by atoms with Crippen molar-refractivity contribution in [1.29, 1.82) is 0 Å². The first-order valence-corrected chi connectivity index (χ1v) is 10.3. The summed E-state index contributed by atoms with van der Waals surface area (Å²) >= 11 is 0. The highest BCUT2D eigenvalue weighted by Crippen LogP contribution is 2.41. The first kappa shape index (κ1) is 17.3. The molecule has 0 unspecified atom stereocenters. The quantitative estimate of drug-likeness (QED) is 0.312. The Hall–Kier alpha value is -2.08. The molecule has 0 saturated heterocycles. The van der Waals surface area contributed by atoms with E-state index in [9.17, 15) is 0 Å². The van der Waals surface area contributed by atoms with E-state index < -0.39 is 0 Å². The summed E-state index contributed by atoms with van der Waals surface area (Å²) in [7, 11) is 0. The minimum Gasteiger partial charge on any atom is -0.0654 e. The highest BCUT2D eigenvalue weighted by atomic mass is 14.2. The van der Waals surface area contributed by atoms with E-state index in [1.807, 2.05) is 0 Å². The Kier molecular flexibility index (Phi) is 4.61. The smallest absolute Gasteiger partial charge is 0.00211 e. The largest absolute Gasteiger partial charge is 0.0654 e. The van der Waals surface area contributed by atoms with Gasteiger partial charge >= 0.3 is 0 Å². The summed E-state index contributed by atoms with van der Waals surface area (Å²) in [6, 6.07) is 14.3. The van der Waals surface area contributed by atoms with Crippen LogP contribution in [0.5, 0.6) is 0 Å².